The maximum absolute atomic E-state index is 10.9. The molecular formula is C13H18N2O4S. The summed E-state index contributed by atoms with van der Waals surface area (Å²) in [6, 6.07) is 5.58. The van der Waals surface area contributed by atoms with Gasteiger partial charge in [-0.05, 0) is 26.0 Å². The molecule has 3 N–H and O–H groups in total. The van der Waals surface area contributed by atoms with Crippen molar-refractivity contribution in [1.82, 2.24) is 0 Å². The minimum atomic E-state index is -1.05. The van der Waals surface area contributed by atoms with E-state index in [2.05, 4.69) is 0 Å². The number of aliphatic carboxylic acids is 1. The Balaban J connectivity index is 2.65. The average molecular weight is 298 g/mol. The summed E-state index contributed by atoms with van der Waals surface area (Å²) >= 11 is 1.40. The second-order valence-corrected chi connectivity index (χ2v) is 6.65. The molecule has 0 unspecified atom stereocenters. The highest BCUT2D eigenvalue weighted by Gasteiger charge is 2.32. The standard InChI is InChI=1S/C13H18N2O4S/c1-13(2,11(14)12(16)17)20-8-7-9-5-3-4-6-10(9)15(18)19/h3-6,11H,7-8,14H2,1-2H3,(H,16,17)/t11-/m0/s1. The van der Waals surface area contributed by atoms with Crippen LogP contribution in [0.4, 0.5) is 5.69 Å². The van der Waals surface area contributed by atoms with Crippen LogP contribution < -0.4 is 5.73 Å². The Morgan fingerprint density at radius 3 is 2.65 bits per heavy atom. The number of rotatable bonds is 7. The number of nitrogens with zero attached hydrogens (tertiary/aromatic N) is 1. The van der Waals surface area contributed by atoms with E-state index < -0.39 is 21.7 Å². The lowest BCUT2D eigenvalue weighted by Crippen LogP contribution is -2.46. The van der Waals surface area contributed by atoms with Crippen molar-refractivity contribution in [1.29, 1.82) is 0 Å². The number of benzene rings is 1. The maximum Gasteiger partial charge on any atom is 0.321 e. The third-order valence-corrected chi connectivity index (χ3v) is 4.46. The fourth-order valence-corrected chi connectivity index (χ4v) is 2.84. The Bertz CT molecular complexity index is 505. The van der Waals surface area contributed by atoms with Crippen molar-refractivity contribution >= 4 is 23.4 Å². The van der Waals surface area contributed by atoms with Crippen LogP contribution in [0, 0.1) is 10.1 Å². The van der Waals surface area contributed by atoms with Gasteiger partial charge in [0.2, 0.25) is 0 Å². The van der Waals surface area contributed by atoms with E-state index in [0.29, 0.717) is 17.7 Å². The van der Waals surface area contributed by atoms with E-state index in [1.165, 1.54) is 17.8 Å². The topological polar surface area (TPSA) is 106 Å². The SMILES string of the molecule is CC(C)(SCCc1ccccc1[N+](=O)[O-])[C@@H](N)C(=O)O. The van der Waals surface area contributed by atoms with E-state index in [4.69, 9.17) is 10.8 Å². The van der Waals surface area contributed by atoms with Crippen molar-refractivity contribution in [2.45, 2.75) is 31.1 Å². The van der Waals surface area contributed by atoms with Gasteiger partial charge in [0, 0.05) is 16.4 Å². The molecule has 1 aromatic rings. The summed E-state index contributed by atoms with van der Waals surface area (Å²) in [5.41, 5.74) is 6.36. The molecule has 0 amide bonds. The fraction of sp³-hybridized carbons (Fsp3) is 0.462. The molecule has 0 heterocycles. The molecular weight excluding hydrogens is 280 g/mol. The van der Waals surface area contributed by atoms with Crippen LogP contribution in [-0.2, 0) is 11.2 Å². The summed E-state index contributed by atoms with van der Waals surface area (Å²) in [7, 11) is 0. The van der Waals surface area contributed by atoms with Crippen molar-refractivity contribution in [3.8, 4) is 0 Å². The minimum Gasteiger partial charge on any atom is -0.480 e. The van der Waals surface area contributed by atoms with Gasteiger partial charge in [0.25, 0.3) is 5.69 Å². The van der Waals surface area contributed by atoms with E-state index in [9.17, 15) is 14.9 Å². The third-order valence-electron chi connectivity index (χ3n) is 3.05. The van der Waals surface area contributed by atoms with Crippen molar-refractivity contribution in [2.24, 2.45) is 5.73 Å². The van der Waals surface area contributed by atoms with Gasteiger partial charge in [-0.15, -0.1) is 0 Å². The van der Waals surface area contributed by atoms with Gasteiger partial charge in [0.1, 0.15) is 6.04 Å². The highest BCUT2D eigenvalue weighted by atomic mass is 32.2. The summed E-state index contributed by atoms with van der Waals surface area (Å²) in [6.07, 6.45) is 0.498. The molecule has 1 rings (SSSR count). The van der Waals surface area contributed by atoms with Gasteiger partial charge in [-0.1, -0.05) is 18.2 Å². The van der Waals surface area contributed by atoms with Crippen LogP contribution in [0.1, 0.15) is 19.4 Å². The molecule has 0 aromatic heterocycles. The van der Waals surface area contributed by atoms with Crippen molar-refractivity contribution in [3.63, 3.8) is 0 Å². The molecule has 110 valence electrons. The summed E-state index contributed by atoms with van der Waals surface area (Å²) in [5.74, 6) is -0.480. The third kappa shape index (κ3) is 4.21. The molecule has 0 aliphatic rings. The Kier molecular flexibility index (Phi) is 5.52. The number of carbonyl (C=O) groups is 1. The van der Waals surface area contributed by atoms with E-state index in [0.717, 1.165) is 0 Å². The number of hydrogen-bond donors (Lipinski definition) is 2. The van der Waals surface area contributed by atoms with E-state index in [-0.39, 0.29) is 5.69 Å². The highest BCUT2D eigenvalue weighted by Crippen LogP contribution is 2.29. The number of aryl methyl sites for hydroxylation is 1. The number of carboxylic acid groups (broad SMARTS) is 1. The van der Waals surface area contributed by atoms with Crippen LogP contribution in [0.25, 0.3) is 0 Å². The van der Waals surface area contributed by atoms with Crippen molar-refractivity contribution < 1.29 is 14.8 Å². The first kappa shape index (κ1) is 16.5. The molecule has 0 saturated carbocycles. The van der Waals surface area contributed by atoms with Crippen molar-refractivity contribution in [3.05, 3.63) is 39.9 Å². The normalized spacial score (nSPS) is 12.9. The largest absolute Gasteiger partial charge is 0.480 e. The van der Waals surface area contributed by atoms with E-state index in [1.807, 2.05) is 0 Å². The van der Waals surface area contributed by atoms with Crippen LogP contribution in [0.2, 0.25) is 0 Å². The maximum atomic E-state index is 10.9. The zero-order valence-corrected chi connectivity index (χ0v) is 12.2. The molecule has 0 saturated heterocycles. The molecule has 1 atom stereocenters. The summed E-state index contributed by atoms with van der Waals surface area (Å²) in [6.45, 7) is 3.52. The second-order valence-electron chi connectivity index (χ2n) is 4.90. The second kappa shape index (κ2) is 6.71. The van der Waals surface area contributed by atoms with Crippen LogP contribution in [0.15, 0.2) is 24.3 Å². The first-order valence-corrected chi connectivity index (χ1v) is 7.09. The Hall–Kier alpha value is -1.60. The smallest absolute Gasteiger partial charge is 0.321 e. The Morgan fingerprint density at radius 2 is 2.10 bits per heavy atom. The summed E-state index contributed by atoms with van der Waals surface area (Å²) < 4.78 is -0.630. The summed E-state index contributed by atoms with van der Waals surface area (Å²) in [5, 5.41) is 19.8. The van der Waals surface area contributed by atoms with E-state index >= 15 is 0 Å². The summed E-state index contributed by atoms with van der Waals surface area (Å²) in [4.78, 5) is 21.4. The predicted octanol–water partition coefficient (Wildman–Crippen LogP) is 2.06. The zero-order chi connectivity index (χ0) is 15.3. The number of hydrogen-bond acceptors (Lipinski definition) is 5. The van der Waals surface area contributed by atoms with Crippen LogP contribution in [-0.4, -0.2) is 32.5 Å². The number of carboxylic acids is 1. The van der Waals surface area contributed by atoms with Crippen LogP contribution in [0.5, 0.6) is 0 Å². The number of nitro groups is 1. The molecule has 0 bridgehead atoms. The average Bonchev–Trinajstić information content (AvgIpc) is 2.37. The molecule has 0 spiro atoms. The van der Waals surface area contributed by atoms with Gasteiger partial charge in [0.15, 0.2) is 0 Å². The monoisotopic (exact) mass is 298 g/mol. The molecule has 0 aliphatic carbocycles. The van der Waals surface area contributed by atoms with Gasteiger partial charge < -0.3 is 10.8 Å². The fourth-order valence-electron chi connectivity index (χ4n) is 1.71. The lowest BCUT2D eigenvalue weighted by molar-refractivity contribution is -0.385. The molecule has 7 heteroatoms. The lowest BCUT2D eigenvalue weighted by atomic mass is 10.1. The number of nitro benzene ring substituents is 1. The molecule has 20 heavy (non-hydrogen) atoms. The first-order valence-electron chi connectivity index (χ1n) is 6.10. The number of nitrogens with two attached hydrogens (primary N) is 1. The van der Waals surface area contributed by atoms with Gasteiger partial charge >= 0.3 is 5.97 Å². The van der Waals surface area contributed by atoms with Gasteiger partial charge in [0.05, 0.1) is 4.92 Å². The van der Waals surface area contributed by atoms with Crippen molar-refractivity contribution in [2.75, 3.05) is 5.75 Å². The van der Waals surface area contributed by atoms with E-state index in [1.54, 1.807) is 32.0 Å². The number of thioether (sulfide) groups is 1. The van der Waals surface area contributed by atoms with Gasteiger partial charge in [-0.3, -0.25) is 14.9 Å². The Morgan fingerprint density at radius 1 is 1.50 bits per heavy atom. The molecule has 0 radical (unpaired) electrons. The molecule has 6 nitrogen and oxygen atoms in total. The first-order chi connectivity index (χ1) is 9.25. The quantitative estimate of drug-likeness (QED) is 0.589. The lowest BCUT2D eigenvalue weighted by Gasteiger charge is -2.27. The molecule has 0 fully saturated rings. The predicted molar refractivity (Wildman–Crippen MR) is 78.9 cm³/mol. The minimum absolute atomic E-state index is 0.0911. The molecule has 0 aliphatic heterocycles. The van der Waals surface area contributed by atoms with Crippen LogP contribution in [0.3, 0.4) is 0 Å². The van der Waals surface area contributed by atoms with Gasteiger partial charge in [-0.2, -0.15) is 11.8 Å². The highest BCUT2D eigenvalue weighted by molar-refractivity contribution is 8.00. The Labute approximate surface area is 121 Å². The van der Waals surface area contributed by atoms with Gasteiger partial charge in [-0.25, -0.2) is 0 Å². The zero-order valence-electron chi connectivity index (χ0n) is 11.4. The molecule has 1 aromatic carbocycles. The number of para-hydroxylation sites is 1. The van der Waals surface area contributed by atoms with Crippen LogP contribution >= 0.6 is 11.8 Å².